The van der Waals surface area contributed by atoms with E-state index in [1.807, 2.05) is 0 Å². The van der Waals surface area contributed by atoms with E-state index in [-0.39, 0.29) is 0 Å². The van der Waals surface area contributed by atoms with Gasteiger partial charge in [-0.05, 0) is 0 Å². The molecule has 0 N–H and O–H groups in total. The fraction of sp³-hybridized carbons (Fsp3) is 1.00. The molecule has 0 aromatic carbocycles. The first-order valence-corrected chi connectivity index (χ1v) is 8.98. The molecule has 0 aliphatic heterocycles. The summed E-state index contributed by atoms with van der Waals surface area (Å²) in [5, 5.41) is 0. The Bertz CT molecular complexity index is 248. The van der Waals surface area contributed by atoms with Gasteiger partial charge in [0, 0.05) is 0 Å². The first kappa shape index (κ1) is 22.2. The Hall–Kier alpha value is 0.190. The third-order valence-electron chi connectivity index (χ3n) is 2.88. The molecule has 0 rings (SSSR count). The minimum Gasteiger partial charge on any atom is -0.329 e. The lowest BCUT2D eigenvalue weighted by Crippen LogP contribution is -2.38. The van der Waals surface area contributed by atoms with Crippen LogP contribution in [-0.2, 0) is 13.6 Å². The smallest absolute Gasteiger partial charge is 0.329 e. The number of nitrogens with zero attached hydrogens (tertiary/aromatic N) is 3. The van der Waals surface area contributed by atoms with Crippen molar-refractivity contribution in [3.63, 3.8) is 0 Å². The second-order valence-electron chi connectivity index (χ2n) is 8.77. The van der Waals surface area contributed by atoms with Crippen LogP contribution in [0, 0.1) is 0 Å². The van der Waals surface area contributed by atoms with E-state index in [1.54, 1.807) is 0 Å². The van der Waals surface area contributed by atoms with E-state index in [0.717, 1.165) is 33.1 Å². The molecule has 0 spiro atoms. The zero-order valence-corrected chi connectivity index (χ0v) is 17.2. The van der Waals surface area contributed by atoms with Crippen LogP contribution in [-0.4, -0.2) is 116 Å². The molecular formula is C15H39N3O3P+3. The molecule has 0 fully saturated rings. The average molecular weight is 340 g/mol. The Labute approximate surface area is 139 Å². The molecule has 0 saturated carbocycles. The highest BCUT2D eigenvalue weighted by Crippen LogP contribution is 2.39. The van der Waals surface area contributed by atoms with E-state index in [1.165, 1.54) is 0 Å². The summed E-state index contributed by atoms with van der Waals surface area (Å²) in [7, 11) is 18.1. The summed E-state index contributed by atoms with van der Waals surface area (Å²) >= 11 is 0. The monoisotopic (exact) mass is 340 g/mol. The highest BCUT2D eigenvalue weighted by Gasteiger charge is 2.18. The van der Waals surface area contributed by atoms with Crippen LogP contribution in [0.3, 0.4) is 0 Å². The fourth-order valence-corrected chi connectivity index (χ4v) is 2.20. The Kier molecular flexibility index (Phi) is 9.56. The minimum atomic E-state index is -1.25. The Morgan fingerprint density at radius 3 is 0.909 bits per heavy atom. The lowest BCUT2D eigenvalue weighted by Gasteiger charge is -2.27. The first-order valence-electron chi connectivity index (χ1n) is 7.89. The second kappa shape index (κ2) is 9.48. The zero-order valence-electron chi connectivity index (χ0n) is 16.3. The quantitative estimate of drug-likeness (QED) is 0.397. The molecular weight excluding hydrogens is 301 g/mol. The molecule has 0 radical (unpaired) electrons. The molecule has 0 aliphatic carbocycles. The standard InChI is InChI=1S/C15H39N3O3P/c1-16(2,3)10-13-19-22(20-14-11-17(4,5)6)21-15-12-18(7,8)9/h10-15H2,1-9H3/q+3. The van der Waals surface area contributed by atoms with E-state index in [0.29, 0.717) is 19.8 Å². The summed E-state index contributed by atoms with van der Waals surface area (Å²) in [6.07, 6.45) is 0. The van der Waals surface area contributed by atoms with Gasteiger partial charge in [-0.2, -0.15) is 0 Å². The summed E-state index contributed by atoms with van der Waals surface area (Å²) in [5.74, 6) is 0. The molecule has 134 valence electrons. The molecule has 0 aromatic heterocycles. The second-order valence-corrected chi connectivity index (χ2v) is 9.99. The van der Waals surface area contributed by atoms with Crippen molar-refractivity contribution >= 4 is 8.60 Å². The third-order valence-corrected chi connectivity index (χ3v) is 4.06. The molecule has 6 nitrogen and oxygen atoms in total. The molecule has 0 amide bonds. The molecule has 0 heterocycles. The van der Waals surface area contributed by atoms with Gasteiger partial charge in [0.2, 0.25) is 0 Å². The van der Waals surface area contributed by atoms with E-state index < -0.39 is 8.60 Å². The highest BCUT2D eigenvalue weighted by atomic mass is 31.2. The summed E-state index contributed by atoms with van der Waals surface area (Å²) < 4.78 is 20.1. The van der Waals surface area contributed by atoms with Gasteiger partial charge in [-0.1, -0.05) is 0 Å². The van der Waals surface area contributed by atoms with Gasteiger partial charge in [0.15, 0.2) is 0 Å². The van der Waals surface area contributed by atoms with Gasteiger partial charge in [0.25, 0.3) is 0 Å². The maximum Gasteiger partial charge on any atom is 0.333 e. The van der Waals surface area contributed by atoms with Crippen molar-refractivity contribution in [3.05, 3.63) is 0 Å². The van der Waals surface area contributed by atoms with E-state index >= 15 is 0 Å². The minimum absolute atomic E-state index is 0.657. The molecule has 0 aromatic rings. The van der Waals surface area contributed by atoms with Gasteiger partial charge in [-0.25, -0.2) is 0 Å². The Morgan fingerprint density at radius 2 is 0.727 bits per heavy atom. The van der Waals surface area contributed by atoms with Crippen LogP contribution in [0.4, 0.5) is 0 Å². The third kappa shape index (κ3) is 16.6. The summed E-state index contributed by atoms with van der Waals surface area (Å²) in [6.45, 7) is 4.79. The largest absolute Gasteiger partial charge is 0.333 e. The fourth-order valence-electron chi connectivity index (χ4n) is 1.28. The molecule has 7 heteroatoms. The Balaban J connectivity index is 4.19. The van der Waals surface area contributed by atoms with Crippen molar-refractivity contribution in [2.24, 2.45) is 0 Å². The van der Waals surface area contributed by atoms with Crippen LogP contribution < -0.4 is 0 Å². The van der Waals surface area contributed by atoms with Gasteiger partial charge < -0.3 is 27.0 Å². The van der Waals surface area contributed by atoms with Crippen molar-refractivity contribution in [2.75, 3.05) is 103 Å². The van der Waals surface area contributed by atoms with Crippen LogP contribution in [0.2, 0.25) is 0 Å². The number of quaternary nitrogens is 3. The molecule has 22 heavy (non-hydrogen) atoms. The lowest BCUT2D eigenvalue weighted by atomic mass is 10.5. The van der Waals surface area contributed by atoms with Gasteiger partial charge in [-0.15, -0.1) is 0 Å². The predicted octanol–water partition coefficient (Wildman–Crippen LogP) is 1.38. The molecule has 0 unspecified atom stereocenters. The van der Waals surface area contributed by atoms with Crippen LogP contribution in [0.1, 0.15) is 0 Å². The zero-order chi connectivity index (χ0) is 17.4. The van der Waals surface area contributed by atoms with Crippen LogP contribution in [0.5, 0.6) is 0 Å². The lowest BCUT2D eigenvalue weighted by molar-refractivity contribution is -0.871. The predicted molar refractivity (Wildman–Crippen MR) is 93.5 cm³/mol. The molecule has 0 aliphatic rings. The number of hydrogen-bond donors (Lipinski definition) is 0. The molecule has 0 saturated heterocycles. The maximum atomic E-state index is 5.84. The van der Waals surface area contributed by atoms with Crippen molar-refractivity contribution in [1.29, 1.82) is 0 Å². The molecule has 0 atom stereocenters. The van der Waals surface area contributed by atoms with E-state index in [9.17, 15) is 0 Å². The van der Waals surface area contributed by atoms with Crippen LogP contribution >= 0.6 is 8.60 Å². The normalized spacial score (nSPS) is 13.9. The topological polar surface area (TPSA) is 27.7 Å². The maximum absolute atomic E-state index is 5.84. The van der Waals surface area contributed by atoms with Crippen molar-refractivity contribution < 1.29 is 27.0 Å². The van der Waals surface area contributed by atoms with Crippen LogP contribution in [0.25, 0.3) is 0 Å². The van der Waals surface area contributed by atoms with E-state index in [4.69, 9.17) is 13.6 Å². The number of rotatable bonds is 12. The summed E-state index contributed by atoms with van der Waals surface area (Å²) in [4.78, 5) is 0. The molecule has 0 bridgehead atoms. The highest BCUT2D eigenvalue weighted by molar-refractivity contribution is 7.41. The summed E-state index contributed by atoms with van der Waals surface area (Å²) in [5.41, 5.74) is 0. The number of hydrogen-bond acceptors (Lipinski definition) is 3. The van der Waals surface area contributed by atoms with E-state index in [2.05, 4.69) is 63.4 Å². The van der Waals surface area contributed by atoms with Gasteiger partial charge in [-0.3, -0.25) is 0 Å². The van der Waals surface area contributed by atoms with Crippen molar-refractivity contribution in [1.82, 2.24) is 0 Å². The van der Waals surface area contributed by atoms with Gasteiger partial charge in [0.05, 0.1) is 63.4 Å². The average Bonchev–Trinajstić information content (AvgIpc) is 2.23. The van der Waals surface area contributed by atoms with Crippen molar-refractivity contribution in [3.8, 4) is 0 Å². The van der Waals surface area contributed by atoms with Gasteiger partial charge >= 0.3 is 8.60 Å². The number of likely N-dealkylation sites (N-methyl/N-ethyl adjacent to an activating group) is 3. The Morgan fingerprint density at radius 1 is 0.500 bits per heavy atom. The van der Waals surface area contributed by atoms with Gasteiger partial charge in [0.1, 0.15) is 39.5 Å². The first-order chi connectivity index (χ1) is 9.79. The SMILES string of the molecule is C[N+](C)(C)CCOP(OCC[N+](C)(C)C)OCC[N+](C)(C)C. The van der Waals surface area contributed by atoms with Crippen molar-refractivity contribution in [2.45, 2.75) is 0 Å². The summed E-state index contributed by atoms with van der Waals surface area (Å²) in [6, 6.07) is 0. The van der Waals surface area contributed by atoms with Crippen LogP contribution in [0.15, 0.2) is 0 Å².